The van der Waals surface area contributed by atoms with Crippen molar-refractivity contribution in [2.45, 2.75) is 25.0 Å². The average Bonchev–Trinajstić information content (AvgIpc) is 2.74. The molecule has 1 aromatic rings. The lowest BCUT2D eigenvalue weighted by Gasteiger charge is -2.34. The Morgan fingerprint density at radius 1 is 1.59 bits per heavy atom. The predicted octanol–water partition coefficient (Wildman–Crippen LogP) is 0.0112. The van der Waals surface area contributed by atoms with Gasteiger partial charge in [0.15, 0.2) is 0 Å². The summed E-state index contributed by atoms with van der Waals surface area (Å²) in [6.45, 7) is 2.48. The van der Waals surface area contributed by atoms with Gasteiger partial charge in [-0.05, 0) is 19.4 Å². The number of ether oxygens (including phenoxy) is 1. The molecule has 6 nitrogen and oxygen atoms in total. The molecule has 6 heteroatoms. The van der Waals surface area contributed by atoms with E-state index in [-0.39, 0.29) is 17.5 Å². The largest absolute Gasteiger partial charge is 0.493 e. The Kier molecular flexibility index (Phi) is 2.60. The van der Waals surface area contributed by atoms with E-state index in [1.54, 1.807) is 0 Å². The number of nitrogens with zero attached hydrogens (tertiary/aromatic N) is 2. The van der Waals surface area contributed by atoms with Crippen molar-refractivity contribution in [1.29, 1.82) is 0 Å². The van der Waals surface area contributed by atoms with Crippen molar-refractivity contribution in [2.75, 3.05) is 19.7 Å². The summed E-state index contributed by atoms with van der Waals surface area (Å²) < 4.78 is 5.70. The van der Waals surface area contributed by atoms with Gasteiger partial charge in [-0.25, -0.2) is 0 Å². The lowest BCUT2D eigenvalue weighted by atomic mass is 10.2. The van der Waals surface area contributed by atoms with E-state index < -0.39 is 0 Å². The first-order chi connectivity index (χ1) is 8.22. The lowest BCUT2D eigenvalue weighted by molar-refractivity contribution is -0.0544. The average molecular weight is 237 g/mol. The van der Waals surface area contributed by atoms with E-state index in [9.17, 15) is 9.90 Å². The molecule has 2 aliphatic rings. The zero-order valence-electron chi connectivity index (χ0n) is 9.43. The topological polar surface area (TPSA) is 78.4 Å². The van der Waals surface area contributed by atoms with Crippen molar-refractivity contribution >= 4 is 0 Å². The molecular formula is C11H15N3O3. The molecule has 3 rings (SSSR count). The van der Waals surface area contributed by atoms with Crippen molar-refractivity contribution in [3.05, 3.63) is 22.2 Å². The van der Waals surface area contributed by atoms with Crippen LogP contribution in [0.2, 0.25) is 0 Å². The van der Waals surface area contributed by atoms with Crippen LogP contribution in [-0.2, 0) is 4.74 Å². The van der Waals surface area contributed by atoms with Gasteiger partial charge in [-0.2, -0.15) is 4.98 Å². The number of H-pyrrole nitrogens is 1. The van der Waals surface area contributed by atoms with Gasteiger partial charge in [0.25, 0.3) is 5.56 Å². The number of rotatable bonds is 1. The molecule has 92 valence electrons. The molecule has 17 heavy (non-hydrogen) atoms. The second-order valence-electron chi connectivity index (χ2n) is 4.60. The lowest BCUT2D eigenvalue weighted by Crippen LogP contribution is -2.43. The number of aromatic amines is 1. The summed E-state index contributed by atoms with van der Waals surface area (Å²) in [4.78, 5) is 20.2. The normalized spacial score (nSPS) is 29.2. The Bertz CT molecular complexity index is 473. The smallest absolute Gasteiger partial charge is 0.254 e. The summed E-state index contributed by atoms with van der Waals surface area (Å²) in [7, 11) is 0. The van der Waals surface area contributed by atoms with Crippen LogP contribution in [0.4, 0.5) is 0 Å². The Morgan fingerprint density at radius 3 is 3.29 bits per heavy atom. The fourth-order valence-corrected chi connectivity index (χ4v) is 2.60. The minimum atomic E-state index is -0.348. The molecule has 0 saturated carbocycles. The van der Waals surface area contributed by atoms with E-state index in [1.807, 2.05) is 0 Å². The quantitative estimate of drug-likeness (QED) is 0.719. The molecule has 0 radical (unpaired) electrons. The number of morpholine rings is 1. The van der Waals surface area contributed by atoms with Crippen LogP contribution in [0, 0.1) is 0 Å². The van der Waals surface area contributed by atoms with Crippen molar-refractivity contribution < 1.29 is 9.84 Å². The van der Waals surface area contributed by atoms with Gasteiger partial charge >= 0.3 is 0 Å². The second-order valence-corrected chi connectivity index (χ2v) is 4.60. The van der Waals surface area contributed by atoms with E-state index in [4.69, 9.17) is 4.74 Å². The van der Waals surface area contributed by atoms with Gasteiger partial charge in [0.1, 0.15) is 11.9 Å². The molecule has 0 spiro atoms. The minimum absolute atomic E-state index is 0.246. The number of aromatic nitrogens is 2. The van der Waals surface area contributed by atoms with E-state index in [0.29, 0.717) is 18.5 Å². The predicted molar refractivity (Wildman–Crippen MR) is 59.8 cm³/mol. The second kappa shape index (κ2) is 4.12. The summed E-state index contributed by atoms with van der Waals surface area (Å²) in [5.41, 5.74) is -0.348. The Labute approximate surface area is 98.2 Å². The standard InChI is InChI=1S/C11H15N3O3/c15-9-4-10(16)13-11(12-9)8-5-14-3-1-2-7(14)6-17-8/h4,7-8H,1-3,5-6H2,(H2,12,13,15,16). The summed E-state index contributed by atoms with van der Waals surface area (Å²) in [5, 5.41) is 9.31. The third-order valence-electron chi connectivity index (χ3n) is 3.44. The van der Waals surface area contributed by atoms with Gasteiger partial charge in [-0.3, -0.25) is 9.69 Å². The third-order valence-corrected chi connectivity index (χ3v) is 3.44. The molecular weight excluding hydrogens is 222 g/mol. The minimum Gasteiger partial charge on any atom is -0.493 e. The molecule has 0 aliphatic carbocycles. The number of nitrogens with one attached hydrogen (secondary N) is 1. The maximum absolute atomic E-state index is 11.3. The Hall–Kier alpha value is -1.40. The molecule has 3 heterocycles. The van der Waals surface area contributed by atoms with Gasteiger partial charge in [-0.1, -0.05) is 0 Å². The van der Waals surface area contributed by atoms with Crippen LogP contribution in [0.3, 0.4) is 0 Å². The highest BCUT2D eigenvalue weighted by Gasteiger charge is 2.33. The molecule has 2 atom stereocenters. The number of aromatic hydroxyl groups is 1. The van der Waals surface area contributed by atoms with E-state index >= 15 is 0 Å². The molecule has 0 amide bonds. The van der Waals surface area contributed by atoms with Crippen LogP contribution in [0.5, 0.6) is 5.88 Å². The summed E-state index contributed by atoms with van der Waals surface area (Å²) in [5.74, 6) is 0.163. The molecule has 1 aromatic heterocycles. The monoisotopic (exact) mass is 237 g/mol. The van der Waals surface area contributed by atoms with Crippen LogP contribution >= 0.6 is 0 Å². The van der Waals surface area contributed by atoms with E-state index in [2.05, 4.69) is 14.9 Å². The first-order valence-electron chi connectivity index (χ1n) is 5.88. The Balaban J connectivity index is 1.82. The third kappa shape index (κ3) is 2.05. The van der Waals surface area contributed by atoms with Crippen molar-refractivity contribution in [3.8, 4) is 5.88 Å². The first-order valence-corrected chi connectivity index (χ1v) is 5.88. The van der Waals surface area contributed by atoms with E-state index in [1.165, 1.54) is 12.8 Å². The van der Waals surface area contributed by atoms with Crippen LogP contribution < -0.4 is 5.56 Å². The molecule has 2 saturated heterocycles. The SMILES string of the molecule is O=c1cc(O)nc(C2CN3CCCC3CO2)[nH]1. The molecule has 0 aromatic carbocycles. The Morgan fingerprint density at radius 2 is 2.47 bits per heavy atom. The van der Waals surface area contributed by atoms with Crippen LogP contribution in [0.1, 0.15) is 24.8 Å². The summed E-state index contributed by atoms with van der Waals surface area (Å²) in [6, 6.07) is 1.57. The molecule has 2 N–H and O–H groups in total. The van der Waals surface area contributed by atoms with Gasteiger partial charge in [-0.15, -0.1) is 0 Å². The first kappa shape index (κ1) is 10.7. The maximum Gasteiger partial charge on any atom is 0.254 e. The fourth-order valence-electron chi connectivity index (χ4n) is 2.60. The van der Waals surface area contributed by atoms with Gasteiger partial charge in [0, 0.05) is 12.6 Å². The zero-order chi connectivity index (χ0) is 11.8. The molecule has 0 bridgehead atoms. The fraction of sp³-hybridized carbons (Fsp3) is 0.636. The van der Waals surface area contributed by atoms with Gasteiger partial charge in [0.05, 0.1) is 12.7 Å². The van der Waals surface area contributed by atoms with Crippen LogP contribution in [-0.4, -0.2) is 45.7 Å². The summed E-state index contributed by atoms with van der Waals surface area (Å²) >= 11 is 0. The maximum atomic E-state index is 11.3. The van der Waals surface area contributed by atoms with Crippen LogP contribution in [0.25, 0.3) is 0 Å². The highest BCUT2D eigenvalue weighted by molar-refractivity contribution is 5.09. The number of fused-ring (bicyclic) bond motifs is 1. The number of hydrogen-bond acceptors (Lipinski definition) is 5. The van der Waals surface area contributed by atoms with Crippen molar-refractivity contribution in [2.24, 2.45) is 0 Å². The van der Waals surface area contributed by atoms with Gasteiger partial charge < -0.3 is 14.8 Å². The highest BCUT2D eigenvalue weighted by atomic mass is 16.5. The highest BCUT2D eigenvalue weighted by Crippen LogP contribution is 2.28. The molecule has 2 aliphatic heterocycles. The summed E-state index contributed by atoms with van der Waals surface area (Å²) in [6.07, 6.45) is 2.13. The zero-order valence-corrected chi connectivity index (χ0v) is 9.43. The van der Waals surface area contributed by atoms with Crippen LogP contribution in [0.15, 0.2) is 10.9 Å². The van der Waals surface area contributed by atoms with Crippen molar-refractivity contribution in [1.82, 2.24) is 14.9 Å². The van der Waals surface area contributed by atoms with Crippen molar-refractivity contribution in [3.63, 3.8) is 0 Å². The van der Waals surface area contributed by atoms with E-state index in [0.717, 1.165) is 19.2 Å². The molecule has 2 fully saturated rings. The molecule has 2 unspecified atom stereocenters. The number of hydrogen-bond donors (Lipinski definition) is 2. The van der Waals surface area contributed by atoms with Gasteiger partial charge in [0.2, 0.25) is 5.88 Å².